The summed E-state index contributed by atoms with van der Waals surface area (Å²) in [6, 6.07) is 3.24. The first-order valence-electron chi connectivity index (χ1n) is 7.27. The van der Waals surface area contributed by atoms with Crippen LogP contribution < -0.4 is 10.6 Å². The van der Waals surface area contributed by atoms with Crippen LogP contribution in [0, 0.1) is 5.82 Å². The van der Waals surface area contributed by atoms with Gasteiger partial charge in [-0.15, -0.1) is 0 Å². The van der Waals surface area contributed by atoms with Gasteiger partial charge < -0.3 is 5.32 Å². The molecule has 1 rings (SSSR count). The molecule has 0 aliphatic rings. The van der Waals surface area contributed by atoms with Gasteiger partial charge in [-0.2, -0.15) is 0 Å². The monoisotopic (exact) mass is 343 g/mol. The molecule has 1 atom stereocenters. The number of urea groups is 1. The van der Waals surface area contributed by atoms with Crippen LogP contribution in [0.15, 0.2) is 18.2 Å². The topological polar surface area (TPSA) is 61.4 Å². The summed E-state index contributed by atoms with van der Waals surface area (Å²) in [7, 11) is 1.66. The molecule has 1 aromatic carbocycles. The van der Waals surface area contributed by atoms with Gasteiger partial charge in [0.05, 0.1) is 6.04 Å². The number of benzene rings is 1. The van der Waals surface area contributed by atoms with Crippen molar-refractivity contribution >= 4 is 23.5 Å². The average Bonchev–Trinajstić information content (AvgIpc) is 2.39. The van der Waals surface area contributed by atoms with Gasteiger partial charge in [0.2, 0.25) is 5.91 Å². The Labute approximate surface area is 141 Å². The highest BCUT2D eigenvalue weighted by atomic mass is 35.5. The molecule has 128 valence electrons. The van der Waals surface area contributed by atoms with Crippen LogP contribution in [-0.4, -0.2) is 35.5 Å². The van der Waals surface area contributed by atoms with Crippen molar-refractivity contribution in [3.63, 3.8) is 0 Å². The Morgan fingerprint density at radius 2 is 1.96 bits per heavy atom. The lowest BCUT2D eigenvalue weighted by Crippen LogP contribution is -2.52. The molecule has 0 fully saturated rings. The number of nitrogens with one attached hydrogen (secondary N) is 2. The van der Waals surface area contributed by atoms with Gasteiger partial charge >= 0.3 is 6.03 Å². The fraction of sp³-hybridized carbons (Fsp3) is 0.500. The summed E-state index contributed by atoms with van der Waals surface area (Å²) in [5, 5.41) is 5.22. The van der Waals surface area contributed by atoms with Crippen LogP contribution in [0.4, 0.5) is 9.18 Å². The SMILES string of the molecule is CC(C(=O)NC(=O)NC(C)(C)C)N(C)Cc1c(F)cccc1Cl. The Hall–Kier alpha value is -1.66. The zero-order valence-electron chi connectivity index (χ0n) is 14.0. The second-order valence-electron chi connectivity index (χ2n) is 6.48. The summed E-state index contributed by atoms with van der Waals surface area (Å²) in [6.45, 7) is 7.22. The van der Waals surface area contributed by atoms with E-state index in [1.807, 2.05) is 20.8 Å². The number of likely N-dealkylation sites (N-methyl/N-ethyl adjacent to an activating group) is 1. The van der Waals surface area contributed by atoms with E-state index in [1.54, 1.807) is 24.9 Å². The van der Waals surface area contributed by atoms with Crippen LogP contribution in [0.25, 0.3) is 0 Å². The largest absolute Gasteiger partial charge is 0.333 e. The van der Waals surface area contributed by atoms with E-state index >= 15 is 0 Å². The molecule has 0 spiro atoms. The number of carbonyl (C=O) groups is 2. The minimum Gasteiger partial charge on any atom is -0.333 e. The predicted octanol–water partition coefficient (Wildman–Crippen LogP) is 2.92. The number of carbonyl (C=O) groups excluding carboxylic acids is 2. The van der Waals surface area contributed by atoms with E-state index in [9.17, 15) is 14.0 Å². The fourth-order valence-electron chi connectivity index (χ4n) is 1.86. The third kappa shape index (κ3) is 6.15. The molecule has 0 radical (unpaired) electrons. The van der Waals surface area contributed by atoms with Crippen LogP contribution in [-0.2, 0) is 11.3 Å². The Kier molecular flexibility index (Phi) is 6.53. The number of halogens is 2. The zero-order chi connectivity index (χ0) is 17.8. The molecule has 5 nitrogen and oxygen atoms in total. The molecule has 0 bridgehead atoms. The molecule has 7 heteroatoms. The first kappa shape index (κ1) is 19.4. The Bertz CT molecular complexity index is 567. The van der Waals surface area contributed by atoms with Crippen molar-refractivity contribution in [1.29, 1.82) is 0 Å². The lowest BCUT2D eigenvalue weighted by atomic mass is 10.1. The molecule has 0 aromatic heterocycles. The quantitative estimate of drug-likeness (QED) is 0.883. The number of nitrogens with zero attached hydrogens (tertiary/aromatic N) is 1. The summed E-state index contributed by atoms with van der Waals surface area (Å²) in [5.41, 5.74) is -0.129. The molecule has 0 aliphatic carbocycles. The summed E-state index contributed by atoms with van der Waals surface area (Å²) in [4.78, 5) is 25.4. The normalized spacial score (nSPS) is 12.9. The van der Waals surface area contributed by atoms with E-state index in [0.29, 0.717) is 10.6 Å². The van der Waals surface area contributed by atoms with Crippen LogP contribution in [0.5, 0.6) is 0 Å². The maximum atomic E-state index is 13.8. The van der Waals surface area contributed by atoms with Crippen LogP contribution in [0.2, 0.25) is 5.02 Å². The van der Waals surface area contributed by atoms with Gasteiger partial charge in [-0.1, -0.05) is 17.7 Å². The van der Waals surface area contributed by atoms with Crippen molar-refractivity contribution in [2.24, 2.45) is 0 Å². The summed E-state index contributed by atoms with van der Waals surface area (Å²) in [6.07, 6.45) is 0. The number of hydrogen-bond acceptors (Lipinski definition) is 3. The number of rotatable bonds is 4. The minimum absolute atomic E-state index is 0.154. The molecule has 1 unspecified atom stereocenters. The van der Waals surface area contributed by atoms with Crippen LogP contribution in [0.3, 0.4) is 0 Å². The average molecular weight is 344 g/mol. The molecule has 1 aromatic rings. The molecular formula is C16H23ClFN3O2. The van der Waals surface area contributed by atoms with Gasteiger partial charge in [-0.25, -0.2) is 9.18 Å². The molecule has 2 N–H and O–H groups in total. The molecule has 3 amide bonds. The maximum absolute atomic E-state index is 13.8. The highest BCUT2D eigenvalue weighted by Crippen LogP contribution is 2.21. The van der Waals surface area contributed by atoms with E-state index in [2.05, 4.69) is 10.6 Å². The van der Waals surface area contributed by atoms with E-state index in [-0.39, 0.29) is 6.54 Å². The van der Waals surface area contributed by atoms with E-state index in [1.165, 1.54) is 12.1 Å². The second kappa shape index (κ2) is 7.75. The highest BCUT2D eigenvalue weighted by molar-refractivity contribution is 6.31. The zero-order valence-corrected chi connectivity index (χ0v) is 14.8. The minimum atomic E-state index is -0.628. The maximum Gasteiger partial charge on any atom is 0.321 e. The van der Waals surface area contributed by atoms with Crippen molar-refractivity contribution in [2.45, 2.75) is 45.8 Å². The van der Waals surface area contributed by atoms with Crippen LogP contribution in [0.1, 0.15) is 33.3 Å². The fourth-order valence-corrected chi connectivity index (χ4v) is 2.08. The number of amides is 3. The van der Waals surface area contributed by atoms with Crippen molar-refractivity contribution in [3.8, 4) is 0 Å². The summed E-state index contributed by atoms with van der Waals surface area (Å²) in [5.74, 6) is -0.899. The third-order valence-electron chi connectivity index (χ3n) is 3.24. The highest BCUT2D eigenvalue weighted by Gasteiger charge is 2.23. The van der Waals surface area contributed by atoms with E-state index in [4.69, 9.17) is 11.6 Å². The van der Waals surface area contributed by atoms with Gasteiger partial charge in [0.15, 0.2) is 0 Å². The molecule has 0 aliphatic heterocycles. The van der Waals surface area contributed by atoms with Crippen molar-refractivity contribution in [2.75, 3.05) is 7.05 Å². The molecular weight excluding hydrogens is 321 g/mol. The van der Waals surface area contributed by atoms with Crippen molar-refractivity contribution in [3.05, 3.63) is 34.6 Å². The predicted molar refractivity (Wildman–Crippen MR) is 88.8 cm³/mol. The third-order valence-corrected chi connectivity index (χ3v) is 3.59. The van der Waals surface area contributed by atoms with E-state index in [0.717, 1.165) is 0 Å². The van der Waals surface area contributed by atoms with Gasteiger partial charge in [0.25, 0.3) is 0 Å². The molecule has 23 heavy (non-hydrogen) atoms. The number of hydrogen-bond donors (Lipinski definition) is 2. The smallest absolute Gasteiger partial charge is 0.321 e. The van der Waals surface area contributed by atoms with E-state index < -0.39 is 29.3 Å². The molecule has 0 heterocycles. The van der Waals surface area contributed by atoms with Crippen LogP contribution >= 0.6 is 11.6 Å². The van der Waals surface area contributed by atoms with Gasteiger partial charge in [0, 0.05) is 22.7 Å². The first-order chi connectivity index (χ1) is 10.5. The van der Waals surface area contributed by atoms with Crippen molar-refractivity contribution < 1.29 is 14.0 Å². The van der Waals surface area contributed by atoms with Gasteiger partial charge in [0.1, 0.15) is 5.82 Å². The lowest BCUT2D eigenvalue weighted by molar-refractivity contribution is -0.124. The summed E-state index contributed by atoms with van der Waals surface area (Å²) < 4.78 is 13.8. The second-order valence-corrected chi connectivity index (χ2v) is 6.89. The Morgan fingerprint density at radius 1 is 1.35 bits per heavy atom. The van der Waals surface area contributed by atoms with Gasteiger partial charge in [-0.05, 0) is 46.9 Å². The standard InChI is InChI=1S/C16H23ClFN3O2/c1-10(14(22)19-15(23)20-16(2,3)4)21(5)9-11-12(17)7-6-8-13(11)18/h6-8,10H,9H2,1-5H3,(H2,19,20,22,23). The van der Waals surface area contributed by atoms with Crippen molar-refractivity contribution in [1.82, 2.24) is 15.5 Å². The lowest BCUT2D eigenvalue weighted by Gasteiger charge is -2.25. The van der Waals surface area contributed by atoms with Gasteiger partial charge in [-0.3, -0.25) is 15.0 Å². The first-order valence-corrected chi connectivity index (χ1v) is 7.65. The number of imide groups is 1. The Morgan fingerprint density at radius 3 is 2.48 bits per heavy atom. The Balaban J connectivity index is 2.67. The summed E-state index contributed by atoms with van der Waals surface area (Å²) >= 11 is 5.98. The molecule has 0 saturated carbocycles. The molecule has 0 saturated heterocycles.